The van der Waals surface area contributed by atoms with E-state index in [9.17, 15) is 9.90 Å². The normalized spacial score (nSPS) is 43.6. The van der Waals surface area contributed by atoms with Gasteiger partial charge in [0.2, 0.25) is 0 Å². The first-order valence-corrected chi connectivity index (χ1v) is 8.87. The van der Waals surface area contributed by atoms with E-state index in [1.54, 1.807) is 0 Å². The van der Waals surface area contributed by atoms with E-state index < -0.39 is 5.60 Å². The number of aliphatic hydroxyl groups is 1. The summed E-state index contributed by atoms with van der Waals surface area (Å²) in [5.74, 6) is 1.43. The zero-order valence-corrected chi connectivity index (χ0v) is 13.7. The molecule has 0 aliphatic heterocycles. The van der Waals surface area contributed by atoms with Gasteiger partial charge in [0.25, 0.3) is 0 Å². The van der Waals surface area contributed by atoms with Crippen LogP contribution in [0.5, 0.6) is 0 Å². The molecular formula is C20H26O2. The number of hydrogen-bond acceptors (Lipinski definition) is 2. The molecule has 0 aromatic carbocycles. The molecule has 0 bridgehead atoms. The molecule has 2 heteroatoms. The van der Waals surface area contributed by atoms with Gasteiger partial charge in [-0.05, 0) is 73.2 Å². The molecule has 0 saturated heterocycles. The molecule has 4 atom stereocenters. The van der Waals surface area contributed by atoms with Gasteiger partial charge < -0.3 is 5.11 Å². The Morgan fingerprint density at radius 3 is 2.86 bits per heavy atom. The maximum absolute atomic E-state index is 11.7. The van der Waals surface area contributed by atoms with Gasteiger partial charge in [0, 0.05) is 11.8 Å². The van der Waals surface area contributed by atoms with E-state index in [2.05, 4.69) is 26.0 Å². The Balaban J connectivity index is 1.81. The fraction of sp³-hybridized carbons (Fsp3) is 0.650. The van der Waals surface area contributed by atoms with E-state index in [4.69, 9.17) is 0 Å². The van der Waals surface area contributed by atoms with E-state index in [1.165, 1.54) is 16.7 Å². The molecule has 4 aliphatic carbocycles. The van der Waals surface area contributed by atoms with Gasteiger partial charge in [0.05, 0.1) is 5.60 Å². The predicted octanol–water partition coefficient (Wildman–Crippen LogP) is 4.11. The van der Waals surface area contributed by atoms with Crippen LogP contribution in [0, 0.1) is 17.3 Å². The summed E-state index contributed by atoms with van der Waals surface area (Å²) in [6.07, 6.45) is 13.1. The number of allylic oxidation sites excluding steroid dienone is 5. The lowest BCUT2D eigenvalue weighted by molar-refractivity contribution is -0.114. The lowest BCUT2D eigenvalue weighted by Crippen LogP contribution is -2.47. The second-order valence-electron chi connectivity index (χ2n) is 7.86. The Bertz CT molecular complexity index is 624. The van der Waals surface area contributed by atoms with E-state index in [-0.39, 0.29) is 5.41 Å². The monoisotopic (exact) mass is 298 g/mol. The molecule has 0 radical (unpaired) electrons. The van der Waals surface area contributed by atoms with Crippen LogP contribution in [-0.4, -0.2) is 16.5 Å². The molecule has 0 heterocycles. The molecule has 118 valence electrons. The molecule has 1 N–H and O–H groups in total. The molecular weight excluding hydrogens is 272 g/mol. The summed E-state index contributed by atoms with van der Waals surface area (Å²) in [5.41, 5.74) is 3.60. The van der Waals surface area contributed by atoms with Crippen molar-refractivity contribution in [1.29, 1.82) is 0 Å². The molecule has 1 saturated carbocycles. The molecule has 0 amide bonds. The third-order valence-electron chi connectivity index (χ3n) is 7.14. The standard InChI is InChI=1S/C20H26O2/c1-3-20(22)11-9-18-17-6-4-13-12-14(21)5-7-15(13)16(17)8-10-19(18,20)2/h8,10,12,17-18,22H,3-7,9,11H2,1-2H3/t17-,18+,19+,20+/m1/s1. The summed E-state index contributed by atoms with van der Waals surface area (Å²) in [6.45, 7) is 4.38. The summed E-state index contributed by atoms with van der Waals surface area (Å²) in [7, 11) is 0. The Labute approximate surface area is 133 Å². The molecule has 0 aromatic heterocycles. The van der Waals surface area contributed by atoms with Gasteiger partial charge in [-0.1, -0.05) is 26.0 Å². The number of fused-ring (bicyclic) bond motifs is 4. The van der Waals surface area contributed by atoms with Crippen LogP contribution in [0.25, 0.3) is 0 Å². The van der Waals surface area contributed by atoms with Crippen LogP contribution in [0.3, 0.4) is 0 Å². The van der Waals surface area contributed by atoms with Gasteiger partial charge in [-0.2, -0.15) is 0 Å². The SMILES string of the molecule is CC[C@]1(O)CC[C@H]2[C@@H]3CCC4=CC(=O)CCC4=C3C=C[C@@]21C. The van der Waals surface area contributed by atoms with Crippen LogP contribution < -0.4 is 0 Å². The van der Waals surface area contributed by atoms with Crippen LogP contribution >= 0.6 is 0 Å². The van der Waals surface area contributed by atoms with Crippen molar-refractivity contribution < 1.29 is 9.90 Å². The predicted molar refractivity (Wildman–Crippen MR) is 87.3 cm³/mol. The van der Waals surface area contributed by atoms with Gasteiger partial charge in [0.1, 0.15) is 0 Å². The first-order chi connectivity index (χ1) is 10.5. The smallest absolute Gasteiger partial charge is 0.156 e. The first-order valence-electron chi connectivity index (χ1n) is 8.87. The van der Waals surface area contributed by atoms with Crippen molar-refractivity contribution in [1.82, 2.24) is 0 Å². The Hall–Kier alpha value is -1.15. The molecule has 0 aromatic rings. The summed E-state index contributed by atoms with van der Waals surface area (Å²) in [6, 6.07) is 0. The van der Waals surface area contributed by atoms with E-state index in [1.807, 2.05) is 6.08 Å². The third-order valence-corrected chi connectivity index (χ3v) is 7.14. The number of rotatable bonds is 1. The Morgan fingerprint density at radius 2 is 2.09 bits per heavy atom. The summed E-state index contributed by atoms with van der Waals surface area (Å²) in [4.78, 5) is 11.7. The van der Waals surface area contributed by atoms with E-state index >= 15 is 0 Å². The maximum atomic E-state index is 11.7. The minimum Gasteiger partial charge on any atom is -0.389 e. The number of ketones is 1. The highest BCUT2D eigenvalue weighted by Gasteiger charge is 2.58. The fourth-order valence-electron chi connectivity index (χ4n) is 5.67. The average Bonchev–Trinajstić information content (AvgIpc) is 2.79. The molecule has 4 rings (SSSR count). The quantitative estimate of drug-likeness (QED) is 0.791. The summed E-state index contributed by atoms with van der Waals surface area (Å²) in [5, 5.41) is 11.1. The van der Waals surface area contributed by atoms with Crippen LogP contribution in [0.1, 0.15) is 58.8 Å². The molecule has 2 nitrogen and oxygen atoms in total. The van der Waals surface area contributed by atoms with Gasteiger partial charge in [-0.25, -0.2) is 0 Å². The number of carbonyl (C=O) groups excluding carboxylic acids is 1. The van der Waals surface area contributed by atoms with Crippen molar-refractivity contribution in [3.05, 3.63) is 34.9 Å². The van der Waals surface area contributed by atoms with E-state index in [0.29, 0.717) is 24.0 Å². The van der Waals surface area contributed by atoms with Crippen molar-refractivity contribution >= 4 is 5.78 Å². The highest BCUT2D eigenvalue weighted by molar-refractivity contribution is 5.93. The first kappa shape index (κ1) is 14.4. The lowest BCUT2D eigenvalue weighted by Gasteiger charge is -2.48. The van der Waals surface area contributed by atoms with Crippen molar-refractivity contribution in [2.45, 2.75) is 64.4 Å². The second kappa shape index (κ2) is 4.67. The highest BCUT2D eigenvalue weighted by atomic mass is 16.3. The van der Waals surface area contributed by atoms with E-state index in [0.717, 1.165) is 38.5 Å². The van der Waals surface area contributed by atoms with Crippen LogP contribution in [0.2, 0.25) is 0 Å². The molecule has 22 heavy (non-hydrogen) atoms. The number of carbonyl (C=O) groups is 1. The average molecular weight is 298 g/mol. The summed E-state index contributed by atoms with van der Waals surface area (Å²) < 4.78 is 0. The van der Waals surface area contributed by atoms with Gasteiger partial charge in [-0.3, -0.25) is 4.79 Å². The lowest BCUT2D eigenvalue weighted by atomic mass is 9.58. The highest BCUT2D eigenvalue weighted by Crippen LogP contribution is 2.61. The van der Waals surface area contributed by atoms with Crippen molar-refractivity contribution in [3.8, 4) is 0 Å². The zero-order chi connectivity index (χ0) is 15.5. The molecule has 4 aliphatic rings. The van der Waals surface area contributed by atoms with Gasteiger partial charge in [0.15, 0.2) is 5.78 Å². The molecule has 1 fully saturated rings. The van der Waals surface area contributed by atoms with Crippen LogP contribution in [0.15, 0.2) is 34.9 Å². The molecule has 0 spiro atoms. The molecule has 0 unspecified atom stereocenters. The largest absolute Gasteiger partial charge is 0.389 e. The van der Waals surface area contributed by atoms with Crippen molar-refractivity contribution in [3.63, 3.8) is 0 Å². The second-order valence-corrected chi connectivity index (χ2v) is 7.86. The maximum Gasteiger partial charge on any atom is 0.156 e. The fourth-order valence-corrected chi connectivity index (χ4v) is 5.67. The van der Waals surface area contributed by atoms with Crippen molar-refractivity contribution in [2.75, 3.05) is 0 Å². The van der Waals surface area contributed by atoms with Crippen LogP contribution in [0.4, 0.5) is 0 Å². The summed E-state index contributed by atoms with van der Waals surface area (Å²) >= 11 is 0. The zero-order valence-electron chi connectivity index (χ0n) is 13.7. The van der Waals surface area contributed by atoms with Gasteiger partial charge in [-0.15, -0.1) is 0 Å². The topological polar surface area (TPSA) is 37.3 Å². The Morgan fingerprint density at radius 1 is 1.27 bits per heavy atom. The number of hydrogen-bond donors (Lipinski definition) is 1. The minimum absolute atomic E-state index is 0.0812. The Kier molecular flexibility index (Phi) is 3.07. The minimum atomic E-state index is -0.539. The van der Waals surface area contributed by atoms with Crippen molar-refractivity contribution in [2.24, 2.45) is 17.3 Å². The third kappa shape index (κ3) is 1.73. The van der Waals surface area contributed by atoms with Gasteiger partial charge >= 0.3 is 0 Å². The van der Waals surface area contributed by atoms with Crippen LogP contribution in [-0.2, 0) is 4.79 Å².